The molecule has 0 aromatic heterocycles. The van der Waals surface area contributed by atoms with E-state index in [1.165, 1.54) is 36.0 Å². The number of thioether (sulfide) groups is 1. The molecule has 3 unspecified atom stereocenters. The highest BCUT2D eigenvalue weighted by atomic mass is 32.2. The Morgan fingerprint density at radius 1 is 0.978 bits per heavy atom. The first-order valence-corrected chi connectivity index (χ1v) is 16.2. The van der Waals surface area contributed by atoms with Crippen LogP contribution < -0.4 is 16.4 Å². The third-order valence-corrected chi connectivity index (χ3v) is 8.67. The molecule has 45 heavy (non-hydrogen) atoms. The van der Waals surface area contributed by atoms with Crippen molar-refractivity contribution in [2.24, 2.45) is 11.7 Å². The second-order valence-corrected chi connectivity index (χ2v) is 12.4. The summed E-state index contributed by atoms with van der Waals surface area (Å²) in [6.07, 6.45) is 6.89. The van der Waals surface area contributed by atoms with Gasteiger partial charge in [0, 0.05) is 36.1 Å². The van der Waals surface area contributed by atoms with Gasteiger partial charge in [-0.3, -0.25) is 19.2 Å². The van der Waals surface area contributed by atoms with Crippen LogP contribution >= 0.6 is 11.8 Å². The van der Waals surface area contributed by atoms with Gasteiger partial charge in [0.25, 0.3) is 5.24 Å². The summed E-state index contributed by atoms with van der Waals surface area (Å²) >= 11 is 1.22. The largest absolute Gasteiger partial charge is 0.463 e. The minimum atomic E-state index is -0.896. The number of benzene rings is 2. The van der Waals surface area contributed by atoms with Crippen LogP contribution in [0.3, 0.4) is 0 Å². The van der Waals surface area contributed by atoms with Gasteiger partial charge in [-0.2, -0.15) is 0 Å². The van der Waals surface area contributed by atoms with Gasteiger partial charge in [-0.15, -0.1) is 0 Å². The van der Waals surface area contributed by atoms with Gasteiger partial charge in [0.05, 0.1) is 12.6 Å². The highest BCUT2D eigenvalue weighted by Gasteiger charge is 2.30. The zero-order chi connectivity index (χ0) is 32.6. The molecule has 1 saturated carbocycles. The van der Waals surface area contributed by atoms with Crippen molar-refractivity contribution in [2.75, 3.05) is 6.61 Å². The molecule has 3 amide bonds. The predicted octanol–water partition coefficient (Wildman–Crippen LogP) is 4.81. The molecule has 9 nitrogen and oxygen atoms in total. The fourth-order valence-electron chi connectivity index (χ4n) is 5.18. The highest BCUT2D eigenvalue weighted by molar-refractivity contribution is 8.14. The number of primary amides is 1. The number of carbonyl (C=O) groups excluding carboxylic acids is 5. The molecule has 1 aliphatic carbocycles. The third-order valence-electron chi connectivity index (χ3n) is 7.53. The van der Waals surface area contributed by atoms with Gasteiger partial charge in [0.1, 0.15) is 5.82 Å². The second-order valence-electron chi connectivity index (χ2n) is 11.1. The van der Waals surface area contributed by atoms with Crippen molar-refractivity contribution in [1.29, 1.82) is 0 Å². The van der Waals surface area contributed by atoms with Gasteiger partial charge < -0.3 is 21.1 Å². The zero-order valence-electron chi connectivity index (χ0n) is 25.5. The smallest absolute Gasteiger partial charge is 0.330 e. The second kappa shape index (κ2) is 18.7. The number of nitrogens with two attached hydrogens (primary N) is 1. The minimum absolute atomic E-state index is 0.0521. The summed E-state index contributed by atoms with van der Waals surface area (Å²) in [4.78, 5) is 64.0. The van der Waals surface area contributed by atoms with Crippen molar-refractivity contribution in [3.8, 4) is 0 Å². The standard InChI is InChI=1S/C34H42FN3O6S/c1-2-44-32(41)19-17-27(16-18-31(36)40)37-33(42)25(20-24-12-14-26(35)15-13-24)22-30(39)29(21-23-8-4-3-5-9-23)38-34(43)45-28-10-6-7-11-28/h3-5,8-9,12-15,17,19,25,27-29H,2,6-7,10-11,16,18,20-22H2,1H3,(H2,36,40)(H,37,42)(H,38,43). The van der Waals surface area contributed by atoms with Crippen LogP contribution in [0.1, 0.15) is 63.0 Å². The number of ketones is 1. The van der Waals surface area contributed by atoms with Crippen LogP contribution in [-0.4, -0.2) is 52.7 Å². The highest BCUT2D eigenvalue weighted by Crippen LogP contribution is 2.30. The van der Waals surface area contributed by atoms with E-state index in [1.807, 2.05) is 30.3 Å². The number of amides is 3. The number of hydrogen-bond donors (Lipinski definition) is 3. The number of carbonyl (C=O) groups is 5. The van der Waals surface area contributed by atoms with E-state index in [0.717, 1.165) is 31.2 Å². The Morgan fingerprint density at radius 3 is 2.29 bits per heavy atom. The number of nitrogens with one attached hydrogen (secondary N) is 2. The van der Waals surface area contributed by atoms with E-state index in [1.54, 1.807) is 19.1 Å². The molecule has 2 aromatic carbocycles. The molecular formula is C34H42FN3O6S. The van der Waals surface area contributed by atoms with Crippen molar-refractivity contribution >= 4 is 40.6 Å². The van der Waals surface area contributed by atoms with Crippen LogP contribution in [0.2, 0.25) is 0 Å². The van der Waals surface area contributed by atoms with E-state index >= 15 is 0 Å². The summed E-state index contributed by atoms with van der Waals surface area (Å²) < 4.78 is 18.6. The van der Waals surface area contributed by atoms with Crippen LogP contribution in [0.4, 0.5) is 9.18 Å². The summed E-state index contributed by atoms with van der Waals surface area (Å²) in [6.45, 7) is 1.83. The van der Waals surface area contributed by atoms with E-state index in [0.29, 0.717) is 5.56 Å². The fourth-order valence-corrected chi connectivity index (χ4v) is 6.26. The Morgan fingerprint density at radius 2 is 1.64 bits per heavy atom. The van der Waals surface area contributed by atoms with Crippen molar-refractivity contribution in [3.05, 3.63) is 83.7 Å². The Balaban J connectivity index is 1.82. The number of Topliss-reactive ketones (excluding diaryl/α,β-unsaturated/α-hetero) is 1. The molecule has 1 aliphatic rings. The summed E-state index contributed by atoms with van der Waals surface area (Å²) in [5.74, 6) is -3.34. The fraction of sp³-hybridized carbons (Fsp3) is 0.441. The first-order chi connectivity index (χ1) is 21.6. The van der Waals surface area contributed by atoms with Gasteiger partial charge in [-0.1, -0.05) is 73.1 Å². The van der Waals surface area contributed by atoms with Gasteiger partial charge in [0.2, 0.25) is 11.8 Å². The van der Waals surface area contributed by atoms with Crippen LogP contribution in [0.5, 0.6) is 0 Å². The maximum Gasteiger partial charge on any atom is 0.330 e. The molecule has 0 heterocycles. The number of hydrogen-bond acceptors (Lipinski definition) is 7. The number of rotatable bonds is 17. The zero-order valence-corrected chi connectivity index (χ0v) is 26.4. The van der Waals surface area contributed by atoms with Gasteiger partial charge in [0.15, 0.2) is 5.78 Å². The lowest BCUT2D eigenvalue weighted by atomic mass is 9.89. The molecule has 0 bridgehead atoms. The normalized spacial score (nSPS) is 15.2. The third kappa shape index (κ3) is 13.3. The maximum absolute atomic E-state index is 13.9. The predicted molar refractivity (Wildman–Crippen MR) is 172 cm³/mol. The molecule has 3 atom stereocenters. The van der Waals surface area contributed by atoms with Crippen molar-refractivity contribution < 1.29 is 33.1 Å². The molecule has 4 N–H and O–H groups in total. The molecular weight excluding hydrogens is 597 g/mol. The van der Waals surface area contributed by atoms with Crippen LogP contribution in [0.25, 0.3) is 0 Å². The minimum Gasteiger partial charge on any atom is -0.463 e. The number of ether oxygens (including phenoxy) is 1. The van der Waals surface area contributed by atoms with E-state index in [4.69, 9.17) is 10.5 Å². The molecule has 0 radical (unpaired) electrons. The molecule has 1 fully saturated rings. The van der Waals surface area contributed by atoms with Gasteiger partial charge >= 0.3 is 5.97 Å². The SMILES string of the molecule is CCOC(=O)C=CC(CCC(N)=O)NC(=O)C(CC(=O)C(Cc1ccccc1)NC(=O)SC1CCCC1)Cc1ccc(F)cc1. The van der Waals surface area contributed by atoms with Crippen molar-refractivity contribution in [2.45, 2.75) is 82.0 Å². The molecule has 0 aliphatic heterocycles. The van der Waals surface area contributed by atoms with E-state index in [-0.39, 0.29) is 55.0 Å². The molecule has 0 spiro atoms. The monoisotopic (exact) mass is 639 g/mol. The quantitative estimate of drug-likeness (QED) is 0.166. The molecule has 3 rings (SSSR count). The average Bonchev–Trinajstić information content (AvgIpc) is 3.52. The van der Waals surface area contributed by atoms with Gasteiger partial charge in [-0.25, -0.2) is 9.18 Å². The van der Waals surface area contributed by atoms with Crippen LogP contribution in [0, 0.1) is 11.7 Å². The van der Waals surface area contributed by atoms with Crippen LogP contribution in [-0.2, 0) is 36.8 Å². The topological polar surface area (TPSA) is 145 Å². The van der Waals surface area contributed by atoms with Gasteiger partial charge in [-0.05, 0) is 62.3 Å². The molecule has 2 aromatic rings. The van der Waals surface area contributed by atoms with Crippen LogP contribution in [0.15, 0.2) is 66.7 Å². The Hall–Kier alpha value is -3.99. The number of esters is 1. The summed E-state index contributed by atoms with van der Waals surface area (Å²) in [7, 11) is 0. The first kappa shape index (κ1) is 35.5. The summed E-state index contributed by atoms with van der Waals surface area (Å²) in [5, 5.41) is 5.68. The first-order valence-electron chi connectivity index (χ1n) is 15.3. The van der Waals surface area contributed by atoms with Crippen molar-refractivity contribution in [1.82, 2.24) is 10.6 Å². The van der Waals surface area contributed by atoms with E-state index in [2.05, 4.69) is 10.6 Å². The Labute approximate surface area is 267 Å². The van der Waals surface area contributed by atoms with E-state index < -0.39 is 41.6 Å². The van der Waals surface area contributed by atoms with E-state index in [9.17, 15) is 28.4 Å². The Kier molecular flexibility index (Phi) is 14.8. The van der Waals surface area contributed by atoms with Crippen molar-refractivity contribution in [3.63, 3.8) is 0 Å². The lowest BCUT2D eigenvalue weighted by Crippen LogP contribution is -2.45. The lowest BCUT2D eigenvalue weighted by Gasteiger charge is -2.24. The lowest BCUT2D eigenvalue weighted by molar-refractivity contribution is -0.137. The Bertz CT molecular complexity index is 1310. The number of halogens is 1. The average molecular weight is 640 g/mol. The molecule has 242 valence electrons. The summed E-state index contributed by atoms with van der Waals surface area (Å²) in [6, 6.07) is 13.4. The summed E-state index contributed by atoms with van der Waals surface area (Å²) in [5.41, 5.74) is 6.82. The molecule has 11 heteroatoms. The maximum atomic E-state index is 13.9. The molecule has 0 saturated heterocycles.